The van der Waals surface area contributed by atoms with Gasteiger partial charge in [0.1, 0.15) is 5.76 Å². The van der Waals surface area contributed by atoms with Gasteiger partial charge in [0, 0.05) is 12.1 Å². The summed E-state index contributed by atoms with van der Waals surface area (Å²) in [5, 5.41) is 0. The van der Waals surface area contributed by atoms with E-state index in [4.69, 9.17) is 10.2 Å². The van der Waals surface area contributed by atoms with E-state index in [9.17, 15) is 0 Å². The van der Waals surface area contributed by atoms with Gasteiger partial charge < -0.3 is 10.2 Å². The molecular formula is C14H24N2O. The highest BCUT2D eigenvalue weighted by molar-refractivity contribution is 5.07. The van der Waals surface area contributed by atoms with Crippen molar-refractivity contribution in [3.05, 3.63) is 24.2 Å². The van der Waals surface area contributed by atoms with Crippen LogP contribution in [0.25, 0.3) is 0 Å². The van der Waals surface area contributed by atoms with Crippen LogP contribution in [0.2, 0.25) is 0 Å². The third-order valence-corrected chi connectivity index (χ3v) is 3.92. The number of hydrogen-bond donors (Lipinski definition) is 1. The van der Waals surface area contributed by atoms with Crippen LogP contribution < -0.4 is 5.73 Å². The lowest BCUT2D eigenvalue weighted by atomic mass is 9.92. The van der Waals surface area contributed by atoms with Crippen LogP contribution >= 0.6 is 0 Å². The molecule has 0 radical (unpaired) electrons. The summed E-state index contributed by atoms with van der Waals surface area (Å²) in [5.74, 6) is 0.994. The lowest BCUT2D eigenvalue weighted by Gasteiger charge is -2.38. The van der Waals surface area contributed by atoms with Gasteiger partial charge in [0.2, 0.25) is 0 Å². The minimum atomic E-state index is 0.0908. The van der Waals surface area contributed by atoms with Gasteiger partial charge in [0.25, 0.3) is 0 Å². The van der Waals surface area contributed by atoms with Gasteiger partial charge in [-0.25, -0.2) is 0 Å². The summed E-state index contributed by atoms with van der Waals surface area (Å²) in [7, 11) is 2.19. The molecule has 1 aliphatic rings. The van der Waals surface area contributed by atoms with Crippen LogP contribution in [0.3, 0.4) is 0 Å². The molecule has 96 valence electrons. The van der Waals surface area contributed by atoms with E-state index in [1.165, 1.54) is 32.1 Å². The maximum atomic E-state index is 6.13. The monoisotopic (exact) mass is 236 g/mol. The first-order valence-corrected chi connectivity index (χ1v) is 6.71. The predicted molar refractivity (Wildman–Crippen MR) is 69.7 cm³/mol. The Morgan fingerprint density at radius 1 is 1.35 bits per heavy atom. The quantitative estimate of drug-likeness (QED) is 0.874. The highest BCUT2D eigenvalue weighted by Gasteiger charge is 2.29. The van der Waals surface area contributed by atoms with Crippen LogP contribution in [0.4, 0.5) is 0 Å². The van der Waals surface area contributed by atoms with Crippen molar-refractivity contribution >= 4 is 0 Å². The molecule has 0 aromatic carbocycles. The smallest absolute Gasteiger partial charge is 0.122 e. The molecule has 2 rings (SSSR count). The molecule has 1 heterocycles. The number of rotatable bonds is 4. The molecule has 2 atom stereocenters. The second-order valence-electron chi connectivity index (χ2n) is 5.28. The Hall–Kier alpha value is -0.800. The summed E-state index contributed by atoms with van der Waals surface area (Å²) in [6.07, 6.45) is 8.39. The first kappa shape index (κ1) is 12.7. The first-order valence-electron chi connectivity index (χ1n) is 6.71. The van der Waals surface area contributed by atoms with Crippen LogP contribution in [0, 0.1) is 0 Å². The average Bonchev–Trinajstić information content (AvgIpc) is 2.83. The zero-order valence-electron chi connectivity index (χ0n) is 10.9. The van der Waals surface area contributed by atoms with Crippen molar-refractivity contribution in [1.29, 1.82) is 0 Å². The third kappa shape index (κ3) is 2.90. The van der Waals surface area contributed by atoms with Crippen LogP contribution in [0.5, 0.6) is 0 Å². The normalized spacial score (nSPS) is 21.6. The number of nitrogens with two attached hydrogens (primary N) is 1. The molecule has 1 aromatic heterocycles. The number of nitrogens with zero attached hydrogens (tertiary/aromatic N) is 1. The highest BCUT2D eigenvalue weighted by Crippen LogP contribution is 2.30. The van der Waals surface area contributed by atoms with Crippen LogP contribution in [0.15, 0.2) is 22.8 Å². The summed E-state index contributed by atoms with van der Waals surface area (Å²) >= 11 is 0. The molecule has 0 spiro atoms. The fraction of sp³-hybridized carbons (Fsp3) is 0.714. The van der Waals surface area contributed by atoms with Gasteiger partial charge in [-0.2, -0.15) is 0 Å². The molecule has 0 amide bonds. The van der Waals surface area contributed by atoms with Gasteiger partial charge in [0.05, 0.1) is 12.3 Å². The van der Waals surface area contributed by atoms with Gasteiger partial charge >= 0.3 is 0 Å². The van der Waals surface area contributed by atoms with E-state index in [-0.39, 0.29) is 12.1 Å². The average molecular weight is 236 g/mol. The van der Waals surface area contributed by atoms with Crippen molar-refractivity contribution < 1.29 is 4.42 Å². The Kier molecular flexibility index (Phi) is 4.24. The van der Waals surface area contributed by atoms with Crippen molar-refractivity contribution in [2.45, 2.75) is 57.2 Å². The van der Waals surface area contributed by atoms with Crippen LogP contribution in [-0.4, -0.2) is 24.0 Å². The highest BCUT2D eigenvalue weighted by atomic mass is 16.3. The van der Waals surface area contributed by atoms with Gasteiger partial charge in [0.15, 0.2) is 0 Å². The van der Waals surface area contributed by atoms with Crippen LogP contribution in [-0.2, 0) is 0 Å². The van der Waals surface area contributed by atoms with Gasteiger partial charge in [-0.15, -0.1) is 0 Å². The first-order chi connectivity index (χ1) is 8.20. The van der Waals surface area contributed by atoms with E-state index in [2.05, 4.69) is 18.9 Å². The van der Waals surface area contributed by atoms with Crippen molar-refractivity contribution in [1.82, 2.24) is 4.90 Å². The van der Waals surface area contributed by atoms with Crippen molar-refractivity contribution in [2.24, 2.45) is 5.73 Å². The number of furan rings is 1. The second-order valence-corrected chi connectivity index (χ2v) is 5.28. The SMILES string of the molecule is CC(N)C(c1ccco1)N(C)C1CCCCC1. The minimum absolute atomic E-state index is 0.0908. The standard InChI is InChI=1S/C14H24N2O/c1-11(15)14(13-9-6-10-17-13)16(2)12-7-4-3-5-8-12/h6,9-12,14H,3-5,7-8,15H2,1-2H3. The zero-order chi connectivity index (χ0) is 12.3. The lowest BCUT2D eigenvalue weighted by molar-refractivity contribution is 0.109. The second kappa shape index (κ2) is 5.69. The Bertz CT molecular complexity index is 315. The molecule has 2 N–H and O–H groups in total. The van der Waals surface area contributed by atoms with Gasteiger partial charge in [-0.05, 0) is 38.9 Å². The summed E-state index contributed by atoms with van der Waals surface area (Å²) in [4.78, 5) is 2.42. The summed E-state index contributed by atoms with van der Waals surface area (Å²) in [6, 6.07) is 4.93. The zero-order valence-corrected chi connectivity index (χ0v) is 10.9. The Labute approximate surface area is 104 Å². The van der Waals surface area contributed by atoms with E-state index in [1.54, 1.807) is 6.26 Å². The largest absolute Gasteiger partial charge is 0.468 e. The Morgan fingerprint density at radius 2 is 2.06 bits per heavy atom. The molecule has 0 aliphatic heterocycles. The van der Waals surface area contributed by atoms with E-state index in [0.717, 1.165) is 5.76 Å². The fourth-order valence-electron chi connectivity index (χ4n) is 3.01. The maximum Gasteiger partial charge on any atom is 0.122 e. The molecule has 0 bridgehead atoms. The van der Waals surface area contributed by atoms with E-state index in [1.807, 2.05) is 12.1 Å². The molecular weight excluding hydrogens is 212 g/mol. The molecule has 2 unspecified atom stereocenters. The van der Waals surface area contributed by atoms with Crippen molar-refractivity contribution in [3.8, 4) is 0 Å². The number of likely N-dealkylation sites (N-methyl/N-ethyl adjacent to an activating group) is 1. The van der Waals surface area contributed by atoms with Crippen molar-refractivity contribution in [2.75, 3.05) is 7.05 Å². The van der Waals surface area contributed by atoms with E-state index >= 15 is 0 Å². The fourth-order valence-corrected chi connectivity index (χ4v) is 3.01. The van der Waals surface area contributed by atoms with Gasteiger partial charge in [-0.1, -0.05) is 19.3 Å². The molecule has 1 saturated carbocycles. The summed E-state index contributed by atoms with van der Waals surface area (Å²) in [6.45, 7) is 2.06. The molecule has 1 fully saturated rings. The van der Waals surface area contributed by atoms with Crippen LogP contribution in [0.1, 0.15) is 50.8 Å². The predicted octanol–water partition coefficient (Wildman–Crippen LogP) is 2.93. The lowest BCUT2D eigenvalue weighted by Crippen LogP contribution is -2.43. The molecule has 3 heteroatoms. The summed E-state index contributed by atoms with van der Waals surface area (Å²) in [5.41, 5.74) is 6.13. The Balaban J connectivity index is 2.10. The molecule has 1 aromatic rings. The molecule has 0 saturated heterocycles. The van der Waals surface area contributed by atoms with E-state index in [0.29, 0.717) is 6.04 Å². The third-order valence-electron chi connectivity index (χ3n) is 3.92. The van der Waals surface area contributed by atoms with E-state index < -0.39 is 0 Å². The van der Waals surface area contributed by atoms with Gasteiger partial charge in [-0.3, -0.25) is 4.90 Å². The Morgan fingerprint density at radius 3 is 2.59 bits per heavy atom. The summed E-state index contributed by atoms with van der Waals surface area (Å²) < 4.78 is 5.55. The van der Waals surface area contributed by atoms with Crippen molar-refractivity contribution in [3.63, 3.8) is 0 Å². The topological polar surface area (TPSA) is 42.4 Å². The molecule has 17 heavy (non-hydrogen) atoms. The minimum Gasteiger partial charge on any atom is -0.468 e. The molecule has 1 aliphatic carbocycles. The maximum absolute atomic E-state index is 6.13. The number of hydrogen-bond acceptors (Lipinski definition) is 3. The molecule has 3 nitrogen and oxygen atoms in total.